The number of benzene rings is 1. The minimum absolute atomic E-state index is 0.125. The van der Waals surface area contributed by atoms with E-state index >= 15 is 0 Å². The topological polar surface area (TPSA) is 131 Å². The van der Waals surface area contributed by atoms with Crippen LogP contribution in [0.4, 0.5) is 10.4 Å². The maximum absolute atomic E-state index is 13.5. The monoisotopic (exact) mass is 444 g/mol. The minimum Gasteiger partial charge on any atom is -0.423 e. The number of H-pyrrole nitrogens is 1. The normalized spacial score (nSPS) is 17.4. The molecule has 0 bridgehead atoms. The van der Waals surface area contributed by atoms with Crippen LogP contribution in [0.3, 0.4) is 0 Å². The van der Waals surface area contributed by atoms with Crippen LogP contribution in [-0.4, -0.2) is 45.3 Å². The van der Waals surface area contributed by atoms with Crippen LogP contribution in [0.25, 0.3) is 27.7 Å². The maximum Gasteiger partial charge on any atom is 0.298 e. The number of nitrogens with one attached hydrogen (secondary N) is 3. The molecule has 3 N–H and O–H groups in total. The van der Waals surface area contributed by atoms with Gasteiger partial charge in [0.1, 0.15) is 23.3 Å². The fourth-order valence-electron chi connectivity index (χ4n) is 4.25. The Hall–Kier alpha value is -4.26. The smallest absolute Gasteiger partial charge is 0.298 e. The van der Waals surface area contributed by atoms with Crippen molar-refractivity contribution < 1.29 is 8.81 Å². The summed E-state index contributed by atoms with van der Waals surface area (Å²) in [5.74, 6) is -0.188. The molecular weight excluding hydrogens is 423 g/mol. The average molecular weight is 444 g/mol. The van der Waals surface area contributed by atoms with Crippen molar-refractivity contribution in [2.45, 2.75) is 18.9 Å². The number of oxazole rings is 1. The second kappa shape index (κ2) is 8.70. The van der Waals surface area contributed by atoms with Crippen molar-refractivity contribution in [1.82, 2.24) is 25.3 Å². The van der Waals surface area contributed by atoms with Crippen LogP contribution in [0.15, 0.2) is 47.4 Å². The van der Waals surface area contributed by atoms with Gasteiger partial charge >= 0.3 is 0 Å². The molecule has 4 aromatic rings. The van der Waals surface area contributed by atoms with Crippen LogP contribution in [-0.2, 0) is 0 Å². The van der Waals surface area contributed by atoms with Crippen molar-refractivity contribution in [3.05, 3.63) is 54.5 Å². The van der Waals surface area contributed by atoms with E-state index in [1.54, 1.807) is 18.5 Å². The molecule has 1 aromatic carbocycles. The summed E-state index contributed by atoms with van der Waals surface area (Å²) >= 11 is 0. The summed E-state index contributed by atoms with van der Waals surface area (Å²) in [7, 11) is 0. The van der Waals surface area contributed by atoms with E-state index in [0.717, 1.165) is 18.4 Å². The fraction of sp³-hybridized carbons (Fsp3) is 0.261. The maximum atomic E-state index is 13.5. The first-order valence-corrected chi connectivity index (χ1v) is 10.6. The van der Waals surface area contributed by atoms with Gasteiger partial charge in [0.05, 0.1) is 18.2 Å². The Bertz CT molecular complexity index is 1380. The predicted octanol–water partition coefficient (Wildman–Crippen LogP) is 3.63. The van der Waals surface area contributed by atoms with Crippen molar-refractivity contribution >= 4 is 39.9 Å². The molecule has 0 saturated carbocycles. The molecule has 9 nitrogen and oxygen atoms in total. The van der Waals surface area contributed by atoms with E-state index in [9.17, 15) is 9.65 Å². The third-order valence-corrected chi connectivity index (χ3v) is 5.95. The summed E-state index contributed by atoms with van der Waals surface area (Å²) in [5, 5.41) is 21.4. The van der Waals surface area contributed by atoms with Crippen molar-refractivity contribution in [2.75, 3.05) is 18.0 Å². The number of fused-ring (bicyclic) bond motifs is 2. The summed E-state index contributed by atoms with van der Waals surface area (Å²) in [4.78, 5) is 18.0. The van der Waals surface area contributed by atoms with Gasteiger partial charge in [-0.1, -0.05) is 0 Å². The molecule has 0 radical (unpaired) electrons. The molecule has 3 aromatic heterocycles. The zero-order chi connectivity index (χ0) is 22.8. The third kappa shape index (κ3) is 4.01. The molecule has 0 spiro atoms. The Morgan fingerprint density at radius 1 is 1.42 bits per heavy atom. The Labute approximate surface area is 188 Å². The number of rotatable bonds is 7. The predicted molar refractivity (Wildman–Crippen MR) is 122 cm³/mol. The Balaban J connectivity index is 1.34. The van der Waals surface area contributed by atoms with E-state index in [2.05, 4.69) is 31.3 Å². The lowest BCUT2D eigenvalue weighted by atomic mass is 9.96. The van der Waals surface area contributed by atoms with Crippen LogP contribution in [0.1, 0.15) is 18.5 Å². The van der Waals surface area contributed by atoms with Crippen molar-refractivity contribution in [3.8, 4) is 6.07 Å². The van der Waals surface area contributed by atoms with Crippen molar-refractivity contribution in [2.24, 2.45) is 5.92 Å². The summed E-state index contributed by atoms with van der Waals surface area (Å²) < 4.78 is 19.3. The quantitative estimate of drug-likeness (QED) is 0.371. The number of anilines is 1. The Kier molecular flexibility index (Phi) is 5.44. The van der Waals surface area contributed by atoms with E-state index < -0.39 is 0 Å². The number of aromatic amines is 1. The number of hydrogen-bond donors (Lipinski definition) is 3. The highest BCUT2D eigenvalue weighted by atomic mass is 19.1. The Morgan fingerprint density at radius 3 is 3.18 bits per heavy atom. The minimum atomic E-state index is -0.352. The number of halogens is 1. The van der Waals surface area contributed by atoms with Gasteiger partial charge in [-0.05, 0) is 30.5 Å². The number of nitriles is 1. The number of aromatic nitrogens is 4. The van der Waals surface area contributed by atoms with Gasteiger partial charge in [-0.15, -0.1) is 0 Å². The van der Waals surface area contributed by atoms with E-state index in [4.69, 9.17) is 9.83 Å². The highest BCUT2D eigenvalue weighted by Gasteiger charge is 2.31. The van der Waals surface area contributed by atoms with Crippen LogP contribution < -0.4 is 10.2 Å². The molecule has 0 amide bonds. The lowest BCUT2D eigenvalue weighted by Gasteiger charge is -2.22. The SMILES string of the molecule is N#CCC(N/C=C(\C=N)c1ncnc2[nH]ccc12)C1CCN(c2nc3cc(F)ccc3o2)C1. The molecule has 2 atom stereocenters. The van der Waals surface area contributed by atoms with E-state index in [-0.39, 0.29) is 17.8 Å². The van der Waals surface area contributed by atoms with Gasteiger partial charge in [0, 0.05) is 54.8 Å². The van der Waals surface area contributed by atoms with Gasteiger partial charge in [0.25, 0.3) is 6.01 Å². The molecule has 10 heteroatoms. The van der Waals surface area contributed by atoms with Gasteiger partial charge in [0.2, 0.25) is 0 Å². The van der Waals surface area contributed by atoms with Gasteiger partial charge in [-0.2, -0.15) is 10.2 Å². The average Bonchev–Trinajstić information content (AvgIpc) is 3.57. The van der Waals surface area contributed by atoms with Crippen molar-refractivity contribution in [1.29, 1.82) is 10.7 Å². The summed E-state index contributed by atoms with van der Waals surface area (Å²) in [6, 6.07) is 8.74. The third-order valence-electron chi connectivity index (χ3n) is 5.95. The standard InChI is InChI=1S/C23H21FN8O/c24-16-1-2-20-19(9-16)31-23(33-20)32-8-5-14(12-32)18(3-6-25)28-11-15(10-26)21-17-4-7-27-22(17)30-13-29-21/h1-2,4,7,9-11,13-14,18,26,28H,3,5,8,12H2,(H,27,29,30)/b15-11+,26-10?. The lowest BCUT2D eigenvalue weighted by Crippen LogP contribution is -2.35. The van der Waals surface area contributed by atoms with Crippen LogP contribution in [0.2, 0.25) is 0 Å². The summed E-state index contributed by atoms with van der Waals surface area (Å²) in [6.07, 6.45) is 7.37. The first kappa shape index (κ1) is 20.6. The first-order chi connectivity index (χ1) is 16.2. The number of allylic oxidation sites excluding steroid dienone is 1. The molecule has 1 aliphatic rings. The number of hydrogen-bond acceptors (Lipinski definition) is 8. The largest absolute Gasteiger partial charge is 0.423 e. The molecule has 1 fully saturated rings. The second-order valence-electron chi connectivity index (χ2n) is 7.94. The molecular formula is C23H21FN8O. The molecule has 0 aliphatic carbocycles. The van der Waals surface area contributed by atoms with Crippen molar-refractivity contribution in [3.63, 3.8) is 0 Å². The zero-order valence-electron chi connectivity index (χ0n) is 17.6. The molecule has 1 aliphatic heterocycles. The molecule has 5 rings (SSSR count). The van der Waals surface area contributed by atoms with Crippen LogP contribution in [0, 0.1) is 28.5 Å². The fourth-order valence-corrected chi connectivity index (χ4v) is 4.25. The van der Waals surface area contributed by atoms with Crippen LogP contribution >= 0.6 is 0 Å². The highest BCUT2D eigenvalue weighted by Crippen LogP contribution is 2.29. The van der Waals surface area contributed by atoms with Gasteiger partial charge in [-0.3, -0.25) is 0 Å². The second-order valence-corrected chi connectivity index (χ2v) is 7.94. The molecule has 33 heavy (non-hydrogen) atoms. The van der Waals surface area contributed by atoms with Gasteiger partial charge in [0.15, 0.2) is 5.58 Å². The summed E-state index contributed by atoms with van der Waals surface area (Å²) in [6.45, 7) is 1.37. The molecule has 1 saturated heterocycles. The van der Waals surface area contributed by atoms with Gasteiger partial charge < -0.3 is 25.0 Å². The van der Waals surface area contributed by atoms with E-state index in [1.165, 1.54) is 24.7 Å². The first-order valence-electron chi connectivity index (χ1n) is 10.6. The van der Waals surface area contributed by atoms with Gasteiger partial charge in [-0.25, -0.2) is 14.4 Å². The molecule has 4 heterocycles. The number of nitrogens with zero attached hydrogens (tertiary/aromatic N) is 5. The lowest BCUT2D eigenvalue weighted by molar-refractivity contribution is 0.417. The van der Waals surface area contributed by atoms with E-state index in [1.807, 2.05) is 11.0 Å². The van der Waals surface area contributed by atoms with E-state index in [0.29, 0.717) is 47.0 Å². The molecule has 166 valence electrons. The Morgan fingerprint density at radius 2 is 2.33 bits per heavy atom. The molecule has 2 unspecified atom stereocenters. The zero-order valence-corrected chi connectivity index (χ0v) is 17.6. The summed E-state index contributed by atoms with van der Waals surface area (Å²) in [5.41, 5.74) is 2.97. The highest BCUT2D eigenvalue weighted by molar-refractivity contribution is 6.11. The van der Waals surface area contributed by atoms with Crippen LogP contribution in [0.5, 0.6) is 0 Å².